The molecule has 0 bridgehead atoms. The van der Waals surface area contributed by atoms with Crippen LogP contribution < -0.4 is 24.3 Å². The maximum absolute atomic E-state index is 9.02. The van der Waals surface area contributed by atoms with Crippen LogP contribution in [0.5, 0.6) is 0 Å². The molecule has 6 heavy (non-hydrogen) atoms. The van der Waals surface area contributed by atoms with Crippen molar-refractivity contribution in [3.8, 4) is 0 Å². The van der Waals surface area contributed by atoms with E-state index in [2.05, 4.69) is 0 Å². The Morgan fingerprint density at radius 1 is 1.83 bits per heavy atom. The molecule has 0 saturated heterocycles. The van der Waals surface area contributed by atoms with E-state index >= 15 is 0 Å². The standard InChI is InChI=1S/C2H3NO2.Li/c4-2-1-3-5;/h3H,1H2;/q-2;+1. The van der Waals surface area contributed by atoms with Gasteiger partial charge in [0.1, 0.15) is 0 Å². The van der Waals surface area contributed by atoms with Crippen LogP contribution in [0.1, 0.15) is 0 Å². The van der Waals surface area contributed by atoms with E-state index in [1.807, 2.05) is 0 Å². The first-order valence-electron chi connectivity index (χ1n) is 1.12. The van der Waals surface area contributed by atoms with Gasteiger partial charge in [-0.05, 0) is 0 Å². The molecule has 3 nitrogen and oxygen atoms in total. The minimum Gasteiger partial charge on any atom is -0.790 e. The van der Waals surface area contributed by atoms with Gasteiger partial charge in [-0.1, -0.05) is 0 Å². The van der Waals surface area contributed by atoms with E-state index in [9.17, 15) is 0 Å². The summed E-state index contributed by atoms with van der Waals surface area (Å²) in [5.41, 5.74) is 1.34. The number of carbonyl (C=O) groups excluding carboxylic acids is 1. The van der Waals surface area contributed by atoms with Crippen molar-refractivity contribution in [3.05, 3.63) is 5.21 Å². The summed E-state index contributed by atoms with van der Waals surface area (Å²) in [4.78, 5) is 9.02. The zero-order valence-corrected chi connectivity index (χ0v) is 3.52. The summed E-state index contributed by atoms with van der Waals surface area (Å²) < 4.78 is 0. The van der Waals surface area contributed by atoms with Crippen molar-refractivity contribution < 1.29 is 23.7 Å². The van der Waals surface area contributed by atoms with E-state index < -0.39 is 0 Å². The smallest absolute Gasteiger partial charge is 0.790 e. The van der Waals surface area contributed by atoms with Crippen molar-refractivity contribution >= 4 is 6.29 Å². The first kappa shape index (κ1) is 9.50. The van der Waals surface area contributed by atoms with E-state index in [-0.39, 0.29) is 25.4 Å². The Morgan fingerprint density at radius 2 is 2.33 bits per heavy atom. The molecule has 0 aliphatic heterocycles. The summed E-state index contributed by atoms with van der Waals surface area (Å²) in [5.74, 6) is 0. The van der Waals surface area contributed by atoms with E-state index in [0.717, 1.165) is 0 Å². The van der Waals surface area contributed by atoms with Crippen LogP contribution in [0.25, 0.3) is 0 Å². The zero-order chi connectivity index (χ0) is 4.12. The molecular weight excluding hydrogens is 77.0 g/mol. The molecule has 0 spiro atoms. The summed E-state index contributed by atoms with van der Waals surface area (Å²) in [6.45, 7) is -0.222. The molecule has 0 heterocycles. The molecule has 0 aliphatic carbocycles. The fourth-order valence-electron chi connectivity index (χ4n) is 0.0295. The topological polar surface area (TPSA) is 52.2 Å². The molecule has 30 valence electrons. The molecule has 0 aromatic heterocycles. The van der Waals surface area contributed by atoms with Crippen LogP contribution in [0.15, 0.2) is 0 Å². The monoisotopic (exact) mass is 80.0 g/mol. The molecule has 4 heteroatoms. The van der Waals surface area contributed by atoms with Gasteiger partial charge in [0.05, 0.1) is 0 Å². The maximum atomic E-state index is 9.02. The van der Waals surface area contributed by atoms with E-state index in [0.29, 0.717) is 0 Å². The number of rotatable bonds is 2. The Morgan fingerprint density at radius 3 is 2.33 bits per heavy atom. The fraction of sp³-hybridized carbons (Fsp3) is 0.500. The van der Waals surface area contributed by atoms with Gasteiger partial charge in [0.2, 0.25) is 0 Å². The van der Waals surface area contributed by atoms with Crippen LogP contribution in [0, 0.1) is 5.21 Å². The van der Waals surface area contributed by atoms with Crippen molar-refractivity contribution in [1.82, 2.24) is 5.48 Å². The van der Waals surface area contributed by atoms with E-state index in [4.69, 9.17) is 10.0 Å². The number of hydrogen-bond acceptors (Lipinski definition) is 3. The van der Waals surface area contributed by atoms with Gasteiger partial charge in [-0.2, -0.15) is 0 Å². The average molecular weight is 80.0 g/mol. The summed E-state index contributed by atoms with van der Waals surface area (Å²) in [5, 5.41) is 9.02. The van der Waals surface area contributed by atoms with Crippen molar-refractivity contribution in [1.29, 1.82) is 0 Å². The molecule has 0 aromatic rings. The summed E-state index contributed by atoms with van der Waals surface area (Å²) in [6, 6.07) is 0. The molecule has 0 aliphatic rings. The van der Waals surface area contributed by atoms with Gasteiger partial charge < -0.3 is 15.5 Å². The van der Waals surface area contributed by atoms with Crippen LogP contribution in [0.2, 0.25) is 0 Å². The first-order valence-corrected chi connectivity index (χ1v) is 1.12. The van der Waals surface area contributed by atoms with Gasteiger partial charge in [0.25, 0.3) is 0 Å². The van der Waals surface area contributed by atoms with Crippen LogP contribution in [-0.4, -0.2) is 12.8 Å². The normalized spacial score (nSPS) is 6.17. The molecule has 0 amide bonds. The average Bonchev–Trinajstić information content (AvgIpc) is 1.41. The SMILES string of the molecule is O=[C-]CN[O-].[Li+]. The largest absolute Gasteiger partial charge is 1.00 e. The number of hydrogen-bond donors (Lipinski definition) is 1. The van der Waals surface area contributed by atoms with Gasteiger partial charge in [0, 0.05) is 0 Å². The molecular formula is C2H3LiNO2-. The zero-order valence-electron chi connectivity index (χ0n) is 3.52. The molecule has 0 fully saturated rings. The van der Waals surface area contributed by atoms with Crippen LogP contribution in [-0.2, 0) is 4.79 Å². The van der Waals surface area contributed by atoms with Gasteiger partial charge in [-0.25, -0.2) is 0 Å². The Hall–Kier alpha value is 0.187. The number of hydroxylamine groups is 1. The molecule has 1 N–H and O–H groups in total. The van der Waals surface area contributed by atoms with Crippen molar-refractivity contribution in [2.75, 3.05) is 6.54 Å². The summed E-state index contributed by atoms with van der Waals surface area (Å²) >= 11 is 0. The first-order chi connectivity index (χ1) is 2.41. The van der Waals surface area contributed by atoms with Gasteiger partial charge in [0.15, 0.2) is 0 Å². The van der Waals surface area contributed by atoms with Crippen LogP contribution in [0.3, 0.4) is 0 Å². The Kier molecular flexibility index (Phi) is 14.2. The second-order valence-corrected chi connectivity index (χ2v) is 0.465. The minimum absolute atomic E-state index is 0. The molecule has 0 unspecified atom stereocenters. The van der Waals surface area contributed by atoms with Gasteiger partial charge in [-0.3, -0.25) is 6.29 Å². The van der Waals surface area contributed by atoms with Crippen molar-refractivity contribution in [3.63, 3.8) is 0 Å². The third-order valence-electron chi connectivity index (χ3n) is 0.144. The van der Waals surface area contributed by atoms with Gasteiger partial charge >= 0.3 is 18.9 Å². The third kappa shape index (κ3) is 8.89. The van der Waals surface area contributed by atoms with Crippen LogP contribution >= 0.6 is 0 Å². The fourth-order valence-corrected chi connectivity index (χ4v) is 0.0295. The second-order valence-electron chi connectivity index (χ2n) is 0.465. The Labute approximate surface area is 47.9 Å². The molecule has 0 aromatic carbocycles. The maximum Gasteiger partial charge on any atom is 1.00 e. The third-order valence-corrected chi connectivity index (χ3v) is 0.144. The van der Waals surface area contributed by atoms with Crippen molar-refractivity contribution in [2.24, 2.45) is 0 Å². The Balaban J connectivity index is 0. The van der Waals surface area contributed by atoms with Crippen molar-refractivity contribution in [2.45, 2.75) is 0 Å². The van der Waals surface area contributed by atoms with Crippen LogP contribution in [0.4, 0.5) is 0 Å². The summed E-state index contributed by atoms with van der Waals surface area (Å²) in [6.07, 6.45) is 1.34. The molecule has 0 saturated carbocycles. The minimum atomic E-state index is -0.222. The quantitative estimate of drug-likeness (QED) is 0.210. The molecule has 0 rings (SSSR count). The molecule has 0 radical (unpaired) electrons. The second kappa shape index (κ2) is 8.95. The predicted molar refractivity (Wildman–Crippen MR) is 17.1 cm³/mol. The summed E-state index contributed by atoms with van der Waals surface area (Å²) in [7, 11) is 0. The van der Waals surface area contributed by atoms with E-state index in [1.165, 1.54) is 11.8 Å². The van der Waals surface area contributed by atoms with E-state index in [1.54, 1.807) is 0 Å². The number of nitrogens with one attached hydrogen (secondary N) is 1. The predicted octanol–water partition coefficient (Wildman–Crippen LogP) is -3.81. The molecule has 0 atom stereocenters. The Bertz CT molecular complexity index is 32.7. The van der Waals surface area contributed by atoms with Gasteiger partial charge in [-0.15, -0.1) is 6.54 Å².